The monoisotopic (exact) mass is 469 g/mol. The molecule has 2 fully saturated rings. The normalized spacial score (nSPS) is 21.2. The van der Waals surface area contributed by atoms with Crippen LogP contribution in [0.3, 0.4) is 0 Å². The fraction of sp³-hybridized carbons (Fsp3) is 0.346. The van der Waals surface area contributed by atoms with Crippen molar-refractivity contribution in [2.75, 3.05) is 32.1 Å². The van der Waals surface area contributed by atoms with E-state index >= 15 is 0 Å². The second-order valence-electron chi connectivity index (χ2n) is 9.50. The summed E-state index contributed by atoms with van der Waals surface area (Å²) in [6.45, 7) is 4.08. The highest BCUT2D eigenvalue weighted by Crippen LogP contribution is 2.58. The number of rotatable bonds is 6. The second-order valence-corrected chi connectivity index (χ2v) is 9.50. The predicted molar refractivity (Wildman–Crippen MR) is 133 cm³/mol. The molecular formula is C26H27N7O2. The molecule has 2 aliphatic rings. The quantitative estimate of drug-likeness (QED) is 0.462. The van der Waals surface area contributed by atoms with Crippen LogP contribution in [0.15, 0.2) is 48.9 Å². The lowest BCUT2D eigenvalue weighted by Crippen LogP contribution is -2.31. The van der Waals surface area contributed by atoms with E-state index in [2.05, 4.69) is 32.3 Å². The first kappa shape index (κ1) is 21.7. The van der Waals surface area contributed by atoms with Crippen LogP contribution in [0, 0.1) is 11.3 Å². The molecule has 9 heteroatoms. The molecule has 4 heterocycles. The van der Waals surface area contributed by atoms with Gasteiger partial charge in [-0.05, 0) is 26.3 Å². The van der Waals surface area contributed by atoms with E-state index in [4.69, 9.17) is 9.72 Å². The van der Waals surface area contributed by atoms with Crippen molar-refractivity contribution < 1.29 is 9.53 Å². The summed E-state index contributed by atoms with van der Waals surface area (Å²) in [6.07, 6.45) is 4.38. The van der Waals surface area contributed by atoms with Crippen molar-refractivity contribution in [3.05, 3.63) is 48.9 Å². The zero-order valence-corrected chi connectivity index (χ0v) is 20.0. The highest BCUT2D eigenvalue weighted by atomic mass is 16.5. The third-order valence-corrected chi connectivity index (χ3v) is 7.01. The number of amides is 1. The molecule has 1 aliphatic heterocycles. The molecule has 4 aromatic rings. The standard InChI is InChI=1S/C26H27N7O2/c1-4-35-20-10-19-23(29-24(20)30-25(34)26-11-17(26)12-32(2)14-26)22(28-15-27-19)18-13-33(3)31-21(18)16-8-6-5-7-9-16/h5-10,13,15,17H,4,11-12,14H2,1-3H3,(H,29,30,34)/t17-,26-/m1/s1. The van der Waals surface area contributed by atoms with Crippen molar-refractivity contribution in [1.82, 2.24) is 29.6 Å². The number of nitrogens with one attached hydrogen (secondary N) is 1. The van der Waals surface area contributed by atoms with E-state index < -0.39 is 0 Å². The molecule has 0 spiro atoms. The molecule has 1 saturated heterocycles. The number of hydrogen-bond donors (Lipinski definition) is 1. The van der Waals surface area contributed by atoms with Gasteiger partial charge in [0.05, 0.1) is 17.5 Å². The second kappa shape index (κ2) is 8.13. The molecule has 9 nitrogen and oxygen atoms in total. The fourth-order valence-electron chi connectivity index (χ4n) is 5.31. The number of pyridine rings is 1. The van der Waals surface area contributed by atoms with Crippen LogP contribution >= 0.6 is 0 Å². The molecule has 1 saturated carbocycles. The number of piperidine rings is 1. The summed E-state index contributed by atoms with van der Waals surface area (Å²) in [7, 11) is 3.94. The predicted octanol–water partition coefficient (Wildman–Crippen LogP) is 3.38. The first-order valence-corrected chi connectivity index (χ1v) is 11.9. The Bertz CT molecular complexity index is 1430. The number of anilines is 1. The third kappa shape index (κ3) is 3.63. The van der Waals surface area contributed by atoms with Crippen LogP contribution in [0.5, 0.6) is 5.75 Å². The number of aryl methyl sites for hydroxylation is 1. The molecule has 0 unspecified atom stereocenters. The molecule has 1 amide bonds. The number of hydrogen-bond acceptors (Lipinski definition) is 7. The zero-order valence-electron chi connectivity index (χ0n) is 20.0. The van der Waals surface area contributed by atoms with Crippen molar-refractivity contribution in [3.63, 3.8) is 0 Å². The lowest BCUT2D eigenvalue weighted by atomic mass is 10.0. The number of nitrogens with zero attached hydrogens (tertiary/aromatic N) is 6. The number of likely N-dealkylation sites (tertiary alicyclic amines) is 1. The number of fused-ring (bicyclic) bond motifs is 2. The Morgan fingerprint density at radius 3 is 2.77 bits per heavy atom. The van der Waals surface area contributed by atoms with Crippen LogP contribution < -0.4 is 10.1 Å². The summed E-state index contributed by atoms with van der Waals surface area (Å²) in [6, 6.07) is 11.8. The summed E-state index contributed by atoms with van der Waals surface area (Å²) >= 11 is 0. The smallest absolute Gasteiger partial charge is 0.233 e. The minimum atomic E-state index is -0.325. The van der Waals surface area contributed by atoms with Gasteiger partial charge in [0.2, 0.25) is 5.91 Å². The number of benzene rings is 1. The minimum Gasteiger partial charge on any atom is -0.490 e. The van der Waals surface area contributed by atoms with Crippen LogP contribution in [0.25, 0.3) is 33.5 Å². The number of carbonyl (C=O) groups is 1. The molecule has 6 rings (SSSR count). The van der Waals surface area contributed by atoms with Crippen molar-refractivity contribution in [2.24, 2.45) is 18.4 Å². The van der Waals surface area contributed by atoms with Crippen LogP contribution in [-0.2, 0) is 11.8 Å². The van der Waals surface area contributed by atoms with E-state index in [1.165, 1.54) is 6.33 Å². The molecule has 0 radical (unpaired) electrons. The Hall–Kier alpha value is -3.85. The van der Waals surface area contributed by atoms with Gasteiger partial charge in [0, 0.05) is 43.5 Å². The highest BCUT2D eigenvalue weighted by Gasteiger charge is 2.64. The van der Waals surface area contributed by atoms with Gasteiger partial charge < -0.3 is 15.0 Å². The van der Waals surface area contributed by atoms with Crippen LogP contribution in [0.4, 0.5) is 5.82 Å². The molecular weight excluding hydrogens is 442 g/mol. The molecule has 178 valence electrons. The van der Waals surface area contributed by atoms with Gasteiger partial charge in [0.25, 0.3) is 0 Å². The summed E-state index contributed by atoms with van der Waals surface area (Å²) in [5, 5.41) is 7.77. The van der Waals surface area contributed by atoms with E-state index in [0.29, 0.717) is 40.8 Å². The van der Waals surface area contributed by atoms with Gasteiger partial charge in [0.15, 0.2) is 11.6 Å². The maximum atomic E-state index is 13.3. The van der Waals surface area contributed by atoms with Crippen molar-refractivity contribution in [3.8, 4) is 28.3 Å². The Labute approximate surface area is 203 Å². The lowest BCUT2D eigenvalue weighted by Gasteiger charge is -2.17. The lowest BCUT2D eigenvalue weighted by molar-refractivity contribution is -0.121. The van der Waals surface area contributed by atoms with Gasteiger partial charge >= 0.3 is 0 Å². The van der Waals surface area contributed by atoms with Gasteiger partial charge in [-0.25, -0.2) is 15.0 Å². The topological polar surface area (TPSA) is 98.1 Å². The molecule has 1 aliphatic carbocycles. The van der Waals surface area contributed by atoms with Crippen LogP contribution in [0.2, 0.25) is 0 Å². The van der Waals surface area contributed by atoms with Gasteiger partial charge in [-0.1, -0.05) is 30.3 Å². The molecule has 0 bridgehead atoms. The van der Waals surface area contributed by atoms with Crippen molar-refractivity contribution in [2.45, 2.75) is 13.3 Å². The maximum Gasteiger partial charge on any atom is 0.233 e. The molecule has 2 atom stereocenters. The molecule has 1 N–H and O–H groups in total. The van der Waals surface area contributed by atoms with Gasteiger partial charge in [-0.15, -0.1) is 0 Å². The summed E-state index contributed by atoms with van der Waals surface area (Å²) < 4.78 is 7.62. The first-order valence-electron chi connectivity index (χ1n) is 11.9. The Morgan fingerprint density at radius 2 is 2.03 bits per heavy atom. The van der Waals surface area contributed by atoms with E-state index in [-0.39, 0.29) is 11.3 Å². The molecule has 1 aromatic carbocycles. The highest BCUT2D eigenvalue weighted by molar-refractivity contribution is 6.01. The van der Waals surface area contributed by atoms with Crippen molar-refractivity contribution in [1.29, 1.82) is 0 Å². The maximum absolute atomic E-state index is 13.3. The van der Waals surface area contributed by atoms with E-state index in [1.807, 2.05) is 56.6 Å². The largest absolute Gasteiger partial charge is 0.490 e. The Morgan fingerprint density at radius 1 is 1.20 bits per heavy atom. The summed E-state index contributed by atoms with van der Waals surface area (Å²) in [5.41, 5.74) is 4.20. The van der Waals surface area contributed by atoms with Crippen LogP contribution in [-0.4, -0.2) is 62.3 Å². The SMILES string of the molecule is CCOc1cc2ncnc(-c3cn(C)nc3-c3ccccc3)c2nc1NC(=O)[C@@]12C[C@@H]1CN(C)C2. The van der Waals surface area contributed by atoms with Crippen molar-refractivity contribution >= 4 is 22.8 Å². The summed E-state index contributed by atoms with van der Waals surface area (Å²) in [5.74, 6) is 1.32. The minimum absolute atomic E-state index is 0.00408. The Kier molecular flexibility index (Phi) is 5.03. The van der Waals surface area contributed by atoms with E-state index in [0.717, 1.165) is 36.3 Å². The zero-order chi connectivity index (χ0) is 24.2. The van der Waals surface area contributed by atoms with E-state index in [1.54, 1.807) is 4.68 Å². The van der Waals surface area contributed by atoms with Crippen LogP contribution in [0.1, 0.15) is 13.3 Å². The van der Waals surface area contributed by atoms with Gasteiger partial charge in [-0.2, -0.15) is 5.10 Å². The molecule has 3 aromatic heterocycles. The molecule has 35 heavy (non-hydrogen) atoms. The average Bonchev–Trinajstić information content (AvgIpc) is 3.22. The number of ether oxygens (including phenoxy) is 1. The number of carbonyl (C=O) groups excluding carboxylic acids is 1. The van der Waals surface area contributed by atoms with E-state index in [9.17, 15) is 4.79 Å². The third-order valence-electron chi connectivity index (χ3n) is 7.01. The Balaban J connectivity index is 1.46. The fourth-order valence-corrected chi connectivity index (χ4v) is 5.31. The number of aromatic nitrogens is 5. The summed E-state index contributed by atoms with van der Waals surface area (Å²) in [4.78, 5) is 29.5. The van der Waals surface area contributed by atoms with Gasteiger partial charge in [-0.3, -0.25) is 9.48 Å². The first-order chi connectivity index (χ1) is 17.0. The van der Waals surface area contributed by atoms with Gasteiger partial charge in [0.1, 0.15) is 23.2 Å². The average molecular weight is 470 g/mol.